The van der Waals surface area contributed by atoms with Crippen molar-refractivity contribution in [2.45, 2.75) is 6.54 Å². The summed E-state index contributed by atoms with van der Waals surface area (Å²) in [6, 6.07) is 16.1. The number of para-hydroxylation sites is 1. The maximum Gasteiger partial charge on any atom is 0.266 e. The van der Waals surface area contributed by atoms with E-state index in [1.54, 1.807) is 42.1 Å². The van der Waals surface area contributed by atoms with E-state index in [1.165, 1.54) is 6.08 Å². The van der Waals surface area contributed by atoms with Gasteiger partial charge < -0.3 is 19.9 Å². The Balaban J connectivity index is 1.85. The number of hydrogen-bond acceptors (Lipinski definition) is 4. The normalized spacial score (nSPS) is 11.2. The summed E-state index contributed by atoms with van der Waals surface area (Å²) < 4.78 is 6.73. The van der Waals surface area contributed by atoms with Crippen LogP contribution >= 0.6 is 11.6 Å². The number of amides is 2. The summed E-state index contributed by atoms with van der Waals surface area (Å²) in [5.74, 6) is -0.687. The Bertz CT molecular complexity index is 1160. The molecule has 2 aromatic carbocycles. The van der Waals surface area contributed by atoms with E-state index in [0.717, 1.165) is 10.9 Å². The number of methoxy groups -OCH3 is 1. The van der Waals surface area contributed by atoms with E-state index in [4.69, 9.17) is 16.3 Å². The maximum absolute atomic E-state index is 12.6. The first-order valence-electron chi connectivity index (χ1n) is 9.54. The maximum atomic E-state index is 12.6. The van der Waals surface area contributed by atoms with Gasteiger partial charge in [0.05, 0.1) is 6.61 Å². The Morgan fingerprint density at radius 3 is 2.65 bits per heavy atom. The molecule has 0 aliphatic heterocycles. The minimum absolute atomic E-state index is 0.0533. The Labute approximate surface area is 184 Å². The summed E-state index contributed by atoms with van der Waals surface area (Å²) in [7, 11) is 1.57. The lowest BCUT2D eigenvalue weighted by Crippen LogP contribution is -2.30. The highest BCUT2D eigenvalue weighted by Gasteiger charge is 2.14. The van der Waals surface area contributed by atoms with E-state index in [-0.39, 0.29) is 18.0 Å². The lowest BCUT2D eigenvalue weighted by molar-refractivity contribution is -0.121. The molecule has 0 saturated carbocycles. The monoisotopic (exact) mass is 436 g/mol. The zero-order valence-electron chi connectivity index (χ0n) is 16.9. The molecule has 8 heteroatoms. The number of nitrogens with one attached hydrogen (secondary N) is 2. The van der Waals surface area contributed by atoms with Crippen LogP contribution < -0.4 is 10.6 Å². The standard InChI is InChI=1S/C23H21ClN4O3/c1-31-11-10-26-22(29)15-28-14-17(20-4-2-3-5-21(20)28)12-16(13-25)23(30)27-19-8-6-18(24)7-9-19/h2-9,12,14H,10-11,15H2,1H3,(H,26,29)(H,27,30). The van der Waals surface area contributed by atoms with Gasteiger partial charge in [0, 0.05) is 47.0 Å². The third-order valence-electron chi connectivity index (χ3n) is 4.53. The van der Waals surface area contributed by atoms with Gasteiger partial charge in [-0.25, -0.2) is 0 Å². The van der Waals surface area contributed by atoms with Crippen LogP contribution in [-0.2, 0) is 20.9 Å². The molecule has 0 fully saturated rings. The highest BCUT2D eigenvalue weighted by atomic mass is 35.5. The minimum Gasteiger partial charge on any atom is -0.383 e. The number of anilines is 1. The Hall–Kier alpha value is -3.60. The smallest absolute Gasteiger partial charge is 0.266 e. The topological polar surface area (TPSA) is 96.2 Å². The van der Waals surface area contributed by atoms with Crippen molar-refractivity contribution in [3.05, 3.63) is 70.9 Å². The molecule has 0 unspecified atom stereocenters. The summed E-state index contributed by atoms with van der Waals surface area (Å²) in [5, 5.41) is 16.4. The van der Waals surface area contributed by atoms with Crippen LogP contribution in [0.4, 0.5) is 5.69 Å². The average Bonchev–Trinajstić information content (AvgIpc) is 3.11. The number of carbonyl (C=O) groups excluding carboxylic acids is 2. The zero-order chi connectivity index (χ0) is 22.2. The molecule has 31 heavy (non-hydrogen) atoms. The molecule has 0 spiro atoms. The van der Waals surface area contributed by atoms with Gasteiger partial charge in [-0.1, -0.05) is 29.8 Å². The number of benzene rings is 2. The summed E-state index contributed by atoms with van der Waals surface area (Å²) in [4.78, 5) is 24.8. The number of rotatable bonds is 8. The molecule has 1 heterocycles. The number of carbonyl (C=O) groups is 2. The van der Waals surface area contributed by atoms with Gasteiger partial charge in [0.25, 0.3) is 5.91 Å². The molecule has 0 aliphatic rings. The van der Waals surface area contributed by atoms with Crippen LogP contribution in [0.25, 0.3) is 17.0 Å². The fourth-order valence-electron chi connectivity index (χ4n) is 3.06. The fraction of sp³-hybridized carbons (Fsp3) is 0.174. The third kappa shape index (κ3) is 5.72. The van der Waals surface area contributed by atoms with Crippen LogP contribution in [-0.4, -0.2) is 36.6 Å². The molecular weight excluding hydrogens is 416 g/mol. The predicted octanol–water partition coefficient (Wildman–Crippen LogP) is 3.60. The first-order valence-corrected chi connectivity index (χ1v) is 9.92. The number of hydrogen-bond donors (Lipinski definition) is 2. The molecule has 0 radical (unpaired) electrons. The summed E-state index contributed by atoms with van der Waals surface area (Å²) in [6.45, 7) is 0.960. The van der Waals surface area contributed by atoms with Crippen LogP contribution in [0.1, 0.15) is 5.56 Å². The van der Waals surface area contributed by atoms with Crippen molar-refractivity contribution >= 4 is 46.1 Å². The molecular formula is C23H21ClN4O3. The second-order valence-corrected chi connectivity index (χ2v) is 7.14. The fourth-order valence-corrected chi connectivity index (χ4v) is 3.19. The van der Waals surface area contributed by atoms with Gasteiger partial charge in [-0.2, -0.15) is 5.26 Å². The van der Waals surface area contributed by atoms with Crippen LogP contribution in [0.3, 0.4) is 0 Å². The van der Waals surface area contributed by atoms with Crippen LogP contribution in [0.15, 0.2) is 60.3 Å². The van der Waals surface area contributed by atoms with Crippen LogP contribution in [0.2, 0.25) is 5.02 Å². The van der Waals surface area contributed by atoms with Crippen molar-refractivity contribution < 1.29 is 14.3 Å². The number of nitrogens with zero attached hydrogens (tertiary/aromatic N) is 2. The average molecular weight is 437 g/mol. The number of fused-ring (bicyclic) bond motifs is 1. The van der Waals surface area contributed by atoms with Crippen LogP contribution in [0.5, 0.6) is 0 Å². The molecule has 3 rings (SSSR count). The molecule has 0 aliphatic carbocycles. The van der Waals surface area contributed by atoms with Crippen molar-refractivity contribution in [2.75, 3.05) is 25.6 Å². The summed E-state index contributed by atoms with van der Waals surface area (Å²) >= 11 is 5.86. The molecule has 0 atom stereocenters. The highest BCUT2D eigenvalue weighted by Crippen LogP contribution is 2.24. The van der Waals surface area contributed by atoms with E-state index in [2.05, 4.69) is 10.6 Å². The Morgan fingerprint density at radius 1 is 1.19 bits per heavy atom. The highest BCUT2D eigenvalue weighted by molar-refractivity contribution is 6.30. The van der Waals surface area contributed by atoms with Gasteiger partial charge in [-0.15, -0.1) is 0 Å². The molecule has 2 amide bonds. The zero-order valence-corrected chi connectivity index (χ0v) is 17.6. The minimum atomic E-state index is -0.529. The van der Waals surface area contributed by atoms with E-state index in [1.807, 2.05) is 30.3 Å². The molecule has 2 N–H and O–H groups in total. The number of aromatic nitrogens is 1. The van der Waals surface area contributed by atoms with Crippen molar-refractivity contribution in [3.8, 4) is 6.07 Å². The largest absolute Gasteiger partial charge is 0.383 e. The van der Waals surface area contributed by atoms with Gasteiger partial charge in [-0.3, -0.25) is 9.59 Å². The van der Waals surface area contributed by atoms with Gasteiger partial charge in [-0.05, 0) is 36.4 Å². The number of halogens is 1. The molecule has 0 saturated heterocycles. The van der Waals surface area contributed by atoms with E-state index >= 15 is 0 Å². The van der Waals surface area contributed by atoms with E-state index in [0.29, 0.717) is 29.4 Å². The Morgan fingerprint density at radius 2 is 1.94 bits per heavy atom. The van der Waals surface area contributed by atoms with E-state index in [9.17, 15) is 14.9 Å². The molecule has 1 aromatic heterocycles. The van der Waals surface area contributed by atoms with Gasteiger partial charge >= 0.3 is 0 Å². The number of nitriles is 1. The molecule has 158 valence electrons. The van der Waals surface area contributed by atoms with Gasteiger partial charge in [0.15, 0.2) is 0 Å². The molecule has 7 nitrogen and oxygen atoms in total. The third-order valence-corrected chi connectivity index (χ3v) is 4.78. The lowest BCUT2D eigenvalue weighted by atomic mass is 10.1. The Kier molecular flexibility index (Phi) is 7.44. The first kappa shape index (κ1) is 22.1. The van der Waals surface area contributed by atoms with Crippen LogP contribution in [0, 0.1) is 11.3 Å². The van der Waals surface area contributed by atoms with E-state index < -0.39 is 5.91 Å². The number of ether oxygens (including phenoxy) is 1. The SMILES string of the molecule is COCCNC(=O)Cn1cc(C=C(C#N)C(=O)Nc2ccc(Cl)cc2)c2ccccc21. The lowest BCUT2D eigenvalue weighted by Gasteiger charge is -2.06. The van der Waals surface area contributed by atoms with Gasteiger partial charge in [0.1, 0.15) is 18.2 Å². The summed E-state index contributed by atoms with van der Waals surface area (Å²) in [5.41, 5.74) is 1.97. The van der Waals surface area contributed by atoms with Crippen molar-refractivity contribution in [1.29, 1.82) is 5.26 Å². The predicted molar refractivity (Wildman–Crippen MR) is 120 cm³/mol. The summed E-state index contributed by atoms with van der Waals surface area (Å²) in [6.07, 6.45) is 3.28. The molecule has 3 aromatic rings. The van der Waals surface area contributed by atoms with Gasteiger partial charge in [0.2, 0.25) is 5.91 Å². The second kappa shape index (κ2) is 10.4. The second-order valence-electron chi connectivity index (χ2n) is 6.70. The van der Waals surface area contributed by atoms with Crippen molar-refractivity contribution in [2.24, 2.45) is 0 Å². The quantitative estimate of drug-likeness (QED) is 0.320. The first-order chi connectivity index (χ1) is 15.0. The van der Waals surface area contributed by atoms with Crippen molar-refractivity contribution in [1.82, 2.24) is 9.88 Å². The van der Waals surface area contributed by atoms with Crippen molar-refractivity contribution in [3.63, 3.8) is 0 Å². The molecule has 0 bridgehead atoms.